The van der Waals surface area contributed by atoms with Crippen molar-refractivity contribution in [2.45, 2.75) is 39.0 Å². The molecular formula is C12H17N5O3. The summed E-state index contributed by atoms with van der Waals surface area (Å²) in [5.41, 5.74) is 5.78. The number of carbonyl (C=O) groups excluding carboxylic acids is 1. The molecule has 2 aromatic heterocycles. The lowest BCUT2D eigenvalue weighted by Gasteiger charge is -2.11. The van der Waals surface area contributed by atoms with Gasteiger partial charge in [0, 0.05) is 0 Å². The second-order valence-electron chi connectivity index (χ2n) is 4.45. The highest BCUT2D eigenvalue weighted by Gasteiger charge is 2.15. The molecule has 0 aliphatic carbocycles. The van der Waals surface area contributed by atoms with Gasteiger partial charge in [0.25, 0.3) is 5.56 Å². The molecule has 0 amide bonds. The van der Waals surface area contributed by atoms with Crippen molar-refractivity contribution in [3.63, 3.8) is 0 Å². The summed E-state index contributed by atoms with van der Waals surface area (Å²) in [6, 6.07) is -0.631. The standard InChI is InChI=1S/C12H17N5O3/c1-2-3-4-9(13)12(19)20-7-17-10-8(5-16-17)11(18)15-6-14-10/h5-6,9H,2-4,7,13H2,1H3,(H,14,15,18)/t9-/m0/s1. The molecule has 0 aliphatic heterocycles. The van der Waals surface area contributed by atoms with Crippen LogP contribution < -0.4 is 11.3 Å². The molecule has 108 valence electrons. The number of ether oxygens (including phenoxy) is 1. The first-order valence-electron chi connectivity index (χ1n) is 6.45. The Kier molecular flexibility index (Phi) is 4.46. The summed E-state index contributed by atoms with van der Waals surface area (Å²) >= 11 is 0. The molecule has 0 radical (unpaired) electrons. The van der Waals surface area contributed by atoms with E-state index in [1.165, 1.54) is 17.2 Å². The van der Waals surface area contributed by atoms with E-state index in [0.717, 1.165) is 12.8 Å². The number of esters is 1. The Morgan fingerprint density at radius 1 is 1.60 bits per heavy atom. The van der Waals surface area contributed by atoms with Crippen LogP contribution in [0.2, 0.25) is 0 Å². The number of nitrogens with one attached hydrogen (secondary N) is 1. The van der Waals surface area contributed by atoms with Crippen LogP contribution in [0.1, 0.15) is 26.2 Å². The summed E-state index contributed by atoms with van der Waals surface area (Å²) in [6.45, 7) is 1.91. The lowest BCUT2D eigenvalue weighted by Crippen LogP contribution is -2.32. The molecular weight excluding hydrogens is 262 g/mol. The summed E-state index contributed by atoms with van der Waals surface area (Å²) in [5, 5.41) is 4.31. The molecule has 0 bridgehead atoms. The third kappa shape index (κ3) is 3.02. The van der Waals surface area contributed by atoms with E-state index in [1.807, 2.05) is 6.92 Å². The van der Waals surface area contributed by atoms with Gasteiger partial charge in [-0.15, -0.1) is 0 Å². The van der Waals surface area contributed by atoms with E-state index in [4.69, 9.17) is 10.5 Å². The van der Waals surface area contributed by atoms with E-state index in [0.29, 0.717) is 17.5 Å². The quantitative estimate of drug-likeness (QED) is 0.726. The largest absolute Gasteiger partial charge is 0.441 e. The van der Waals surface area contributed by atoms with Gasteiger partial charge in [0.1, 0.15) is 11.4 Å². The number of nitrogens with zero attached hydrogens (tertiary/aromatic N) is 3. The van der Waals surface area contributed by atoms with E-state index in [1.54, 1.807) is 0 Å². The van der Waals surface area contributed by atoms with Crippen LogP contribution >= 0.6 is 0 Å². The van der Waals surface area contributed by atoms with Crippen LogP contribution in [-0.4, -0.2) is 31.8 Å². The van der Waals surface area contributed by atoms with Gasteiger partial charge in [0.2, 0.25) is 0 Å². The van der Waals surface area contributed by atoms with E-state index >= 15 is 0 Å². The summed E-state index contributed by atoms with van der Waals surface area (Å²) in [5.74, 6) is -0.480. The molecule has 1 atom stereocenters. The maximum atomic E-state index is 11.7. The molecule has 0 saturated heterocycles. The minimum Gasteiger partial charge on any atom is -0.441 e. The van der Waals surface area contributed by atoms with Crippen LogP contribution in [0, 0.1) is 0 Å². The van der Waals surface area contributed by atoms with Gasteiger partial charge < -0.3 is 15.5 Å². The third-order valence-electron chi connectivity index (χ3n) is 2.94. The SMILES string of the molecule is CCCC[C@H](N)C(=O)OCn1ncc2c(=O)[nH]cnc21. The van der Waals surface area contributed by atoms with Crippen molar-refractivity contribution < 1.29 is 9.53 Å². The van der Waals surface area contributed by atoms with Crippen molar-refractivity contribution in [2.24, 2.45) is 5.73 Å². The van der Waals surface area contributed by atoms with Crippen LogP contribution in [-0.2, 0) is 16.3 Å². The van der Waals surface area contributed by atoms with Crippen molar-refractivity contribution in [2.75, 3.05) is 0 Å². The van der Waals surface area contributed by atoms with Crippen LogP contribution in [0.4, 0.5) is 0 Å². The lowest BCUT2D eigenvalue weighted by molar-refractivity contribution is -0.149. The van der Waals surface area contributed by atoms with Crippen molar-refractivity contribution in [3.05, 3.63) is 22.9 Å². The average molecular weight is 279 g/mol. The van der Waals surface area contributed by atoms with Crippen LogP contribution in [0.25, 0.3) is 11.0 Å². The van der Waals surface area contributed by atoms with Gasteiger partial charge >= 0.3 is 5.97 Å². The van der Waals surface area contributed by atoms with Crippen molar-refractivity contribution in [3.8, 4) is 0 Å². The smallest absolute Gasteiger partial charge is 0.324 e. The normalized spacial score (nSPS) is 12.5. The van der Waals surface area contributed by atoms with Crippen LogP contribution in [0.15, 0.2) is 17.3 Å². The number of aromatic nitrogens is 4. The first-order valence-corrected chi connectivity index (χ1v) is 6.45. The number of aromatic amines is 1. The Balaban J connectivity index is 2.01. The molecule has 2 aromatic rings. The van der Waals surface area contributed by atoms with E-state index in [2.05, 4.69) is 15.1 Å². The van der Waals surface area contributed by atoms with Crippen molar-refractivity contribution >= 4 is 17.0 Å². The van der Waals surface area contributed by atoms with Crippen LogP contribution in [0.5, 0.6) is 0 Å². The first kappa shape index (κ1) is 14.2. The summed E-state index contributed by atoms with van der Waals surface area (Å²) in [6.07, 6.45) is 5.09. The number of hydrogen-bond acceptors (Lipinski definition) is 6. The summed E-state index contributed by atoms with van der Waals surface area (Å²) in [7, 11) is 0. The highest BCUT2D eigenvalue weighted by atomic mass is 16.5. The Bertz CT molecular complexity index is 648. The number of H-pyrrole nitrogens is 1. The molecule has 0 aliphatic rings. The highest BCUT2D eigenvalue weighted by molar-refractivity contribution is 5.75. The molecule has 8 heteroatoms. The molecule has 0 unspecified atom stereocenters. The minimum atomic E-state index is -0.631. The molecule has 3 N–H and O–H groups in total. The number of nitrogens with two attached hydrogens (primary N) is 1. The minimum absolute atomic E-state index is 0.112. The fourth-order valence-electron chi connectivity index (χ4n) is 1.77. The van der Waals surface area contributed by atoms with E-state index < -0.39 is 12.0 Å². The van der Waals surface area contributed by atoms with Crippen LogP contribution in [0.3, 0.4) is 0 Å². The Hall–Kier alpha value is -2.22. The van der Waals surface area contributed by atoms with Gasteiger partial charge in [-0.1, -0.05) is 19.8 Å². The molecule has 0 fully saturated rings. The van der Waals surface area contributed by atoms with Crippen molar-refractivity contribution in [1.29, 1.82) is 0 Å². The number of unbranched alkanes of at least 4 members (excludes halogenated alkanes) is 1. The fraction of sp³-hybridized carbons (Fsp3) is 0.500. The number of carbonyl (C=O) groups is 1. The van der Waals surface area contributed by atoms with Gasteiger partial charge in [-0.2, -0.15) is 5.10 Å². The van der Waals surface area contributed by atoms with Gasteiger partial charge in [-0.3, -0.25) is 9.59 Å². The predicted octanol–water partition coefficient (Wildman–Crippen LogP) is 0.138. The number of hydrogen-bond donors (Lipinski definition) is 2. The third-order valence-corrected chi connectivity index (χ3v) is 2.94. The second kappa shape index (κ2) is 6.29. The summed E-state index contributed by atoms with van der Waals surface area (Å²) in [4.78, 5) is 29.6. The Morgan fingerprint density at radius 2 is 2.40 bits per heavy atom. The average Bonchev–Trinajstić information content (AvgIpc) is 2.86. The number of fused-ring (bicyclic) bond motifs is 1. The fourth-order valence-corrected chi connectivity index (χ4v) is 1.77. The molecule has 0 aromatic carbocycles. The zero-order valence-electron chi connectivity index (χ0n) is 11.2. The van der Waals surface area contributed by atoms with E-state index in [-0.39, 0.29) is 12.3 Å². The molecule has 2 heterocycles. The highest BCUT2D eigenvalue weighted by Crippen LogP contribution is 2.05. The zero-order chi connectivity index (χ0) is 14.5. The lowest BCUT2D eigenvalue weighted by atomic mass is 10.1. The van der Waals surface area contributed by atoms with Gasteiger partial charge in [0.15, 0.2) is 12.4 Å². The second-order valence-corrected chi connectivity index (χ2v) is 4.45. The Labute approximate surface area is 114 Å². The molecule has 20 heavy (non-hydrogen) atoms. The summed E-state index contributed by atoms with van der Waals surface area (Å²) < 4.78 is 6.42. The van der Waals surface area contributed by atoms with Gasteiger partial charge in [-0.05, 0) is 6.42 Å². The Morgan fingerprint density at radius 3 is 3.15 bits per heavy atom. The monoisotopic (exact) mass is 279 g/mol. The number of rotatable bonds is 6. The topological polar surface area (TPSA) is 116 Å². The molecule has 2 rings (SSSR count). The maximum absolute atomic E-state index is 11.7. The van der Waals surface area contributed by atoms with Gasteiger partial charge in [0.05, 0.1) is 12.5 Å². The van der Waals surface area contributed by atoms with Crippen molar-refractivity contribution in [1.82, 2.24) is 19.7 Å². The maximum Gasteiger partial charge on any atom is 0.324 e. The van der Waals surface area contributed by atoms with E-state index in [9.17, 15) is 9.59 Å². The molecule has 0 spiro atoms. The predicted molar refractivity (Wildman–Crippen MR) is 71.7 cm³/mol. The molecule has 8 nitrogen and oxygen atoms in total. The molecule has 0 saturated carbocycles. The first-order chi connectivity index (χ1) is 9.63. The zero-order valence-corrected chi connectivity index (χ0v) is 11.2. The van der Waals surface area contributed by atoms with Gasteiger partial charge in [-0.25, -0.2) is 9.67 Å².